The molecular formula is C15H22O3P+. The fourth-order valence-electron chi connectivity index (χ4n) is 1.67. The summed E-state index contributed by atoms with van der Waals surface area (Å²) in [5.74, 6) is 0.0365. The molecule has 104 valence electrons. The van der Waals surface area contributed by atoms with E-state index in [1.807, 2.05) is 32.0 Å². The summed E-state index contributed by atoms with van der Waals surface area (Å²) in [6, 6.07) is 10.1. The Labute approximate surface area is 116 Å². The van der Waals surface area contributed by atoms with Gasteiger partial charge in [-0.05, 0) is 32.4 Å². The molecule has 1 atom stereocenters. The van der Waals surface area contributed by atoms with Gasteiger partial charge in [0.05, 0.1) is 11.4 Å². The Kier molecular flexibility index (Phi) is 7.35. The number of ether oxygens (including phenoxy) is 1. The zero-order valence-electron chi connectivity index (χ0n) is 11.6. The third kappa shape index (κ3) is 7.74. The lowest BCUT2D eigenvalue weighted by molar-refractivity contribution is -0.147. The molecule has 0 aliphatic rings. The van der Waals surface area contributed by atoms with Gasteiger partial charge in [0.1, 0.15) is 6.16 Å². The lowest BCUT2D eigenvalue weighted by Gasteiger charge is -2.06. The molecule has 1 unspecified atom stereocenters. The molecule has 0 radical (unpaired) electrons. The highest BCUT2D eigenvalue weighted by atomic mass is 31.1. The minimum atomic E-state index is -0.210. The number of rotatable bonds is 8. The SMILES string of the molecule is CC(C)OC(=O)CCCC(=O)C[PH2+]c1ccccc1. The Bertz CT molecular complexity index is 401. The summed E-state index contributed by atoms with van der Waals surface area (Å²) in [4.78, 5) is 23.0. The van der Waals surface area contributed by atoms with Gasteiger partial charge in [-0.25, -0.2) is 0 Å². The predicted octanol–water partition coefficient (Wildman–Crippen LogP) is 2.41. The molecule has 0 saturated heterocycles. The van der Waals surface area contributed by atoms with Gasteiger partial charge in [-0.1, -0.05) is 18.2 Å². The summed E-state index contributed by atoms with van der Waals surface area (Å²) in [5, 5.41) is 1.26. The second-order valence-corrected chi connectivity index (χ2v) is 6.23. The van der Waals surface area contributed by atoms with E-state index >= 15 is 0 Å². The van der Waals surface area contributed by atoms with E-state index in [-0.39, 0.29) is 26.4 Å². The van der Waals surface area contributed by atoms with Crippen molar-refractivity contribution in [3.05, 3.63) is 30.3 Å². The first-order valence-corrected chi connectivity index (χ1v) is 8.06. The molecule has 0 amide bonds. The maximum absolute atomic E-state index is 11.7. The molecule has 0 bridgehead atoms. The van der Waals surface area contributed by atoms with Gasteiger partial charge in [0, 0.05) is 21.4 Å². The van der Waals surface area contributed by atoms with Crippen molar-refractivity contribution < 1.29 is 14.3 Å². The molecule has 3 nitrogen and oxygen atoms in total. The number of carbonyl (C=O) groups is 2. The van der Waals surface area contributed by atoms with E-state index in [0.717, 1.165) is 0 Å². The van der Waals surface area contributed by atoms with E-state index in [1.54, 1.807) is 0 Å². The summed E-state index contributed by atoms with van der Waals surface area (Å²) in [5.41, 5.74) is 0. The number of ketones is 1. The summed E-state index contributed by atoms with van der Waals surface area (Å²) >= 11 is 0. The lowest BCUT2D eigenvalue weighted by Crippen LogP contribution is -2.12. The van der Waals surface area contributed by atoms with E-state index < -0.39 is 0 Å². The molecule has 0 aliphatic heterocycles. The number of hydrogen-bond acceptors (Lipinski definition) is 3. The van der Waals surface area contributed by atoms with Crippen LogP contribution in [0.25, 0.3) is 0 Å². The second-order valence-electron chi connectivity index (χ2n) is 4.75. The van der Waals surface area contributed by atoms with E-state index in [1.165, 1.54) is 5.30 Å². The maximum atomic E-state index is 11.7. The summed E-state index contributed by atoms with van der Waals surface area (Å²) in [7, 11) is 0.0156. The third-order valence-corrected chi connectivity index (χ3v) is 4.08. The average molecular weight is 281 g/mol. The Morgan fingerprint density at radius 3 is 2.47 bits per heavy atom. The smallest absolute Gasteiger partial charge is 0.306 e. The van der Waals surface area contributed by atoms with E-state index in [9.17, 15) is 9.59 Å². The molecule has 1 aromatic carbocycles. The van der Waals surface area contributed by atoms with Crippen LogP contribution in [-0.2, 0) is 14.3 Å². The zero-order chi connectivity index (χ0) is 14.1. The van der Waals surface area contributed by atoms with Crippen LogP contribution in [0.1, 0.15) is 33.1 Å². The van der Waals surface area contributed by atoms with Crippen molar-refractivity contribution in [2.45, 2.75) is 39.2 Å². The normalized spacial score (nSPS) is 11.1. The van der Waals surface area contributed by atoms with Crippen LogP contribution in [0.2, 0.25) is 0 Å². The lowest BCUT2D eigenvalue weighted by atomic mass is 10.2. The number of benzene rings is 1. The van der Waals surface area contributed by atoms with E-state index in [0.29, 0.717) is 25.4 Å². The quantitative estimate of drug-likeness (QED) is 0.543. The average Bonchev–Trinajstić information content (AvgIpc) is 2.36. The monoisotopic (exact) mass is 281 g/mol. The fourth-order valence-corrected chi connectivity index (χ4v) is 2.84. The molecule has 0 spiro atoms. The Morgan fingerprint density at radius 1 is 1.16 bits per heavy atom. The summed E-state index contributed by atoms with van der Waals surface area (Å²) < 4.78 is 5.02. The first kappa shape index (κ1) is 15.8. The molecule has 0 saturated carbocycles. The Morgan fingerprint density at radius 2 is 1.84 bits per heavy atom. The minimum Gasteiger partial charge on any atom is -0.463 e. The van der Waals surface area contributed by atoms with Crippen LogP contribution in [0, 0.1) is 0 Å². The largest absolute Gasteiger partial charge is 0.463 e. The van der Waals surface area contributed by atoms with Crippen molar-refractivity contribution in [3.63, 3.8) is 0 Å². The fraction of sp³-hybridized carbons (Fsp3) is 0.467. The third-order valence-electron chi connectivity index (χ3n) is 2.57. The topological polar surface area (TPSA) is 43.4 Å². The van der Waals surface area contributed by atoms with Crippen LogP contribution in [0.3, 0.4) is 0 Å². The van der Waals surface area contributed by atoms with Crippen LogP contribution >= 0.6 is 8.58 Å². The van der Waals surface area contributed by atoms with Crippen molar-refractivity contribution in [3.8, 4) is 0 Å². The Hall–Kier alpha value is -1.21. The number of hydrogen-bond donors (Lipinski definition) is 0. The van der Waals surface area contributed by atoms with Gasteiger partial charge in [-0.3, -0.25) is 9.59 Å². The minimum absolute atomic E-state index is 0.0156. The highest BCUT2D eigenvalue weighted by molar-refractivity contribution is 7.48. The van der Waals surface area contributed by atoms with E-state index in [2.05, 4.69) is 12.1 Å². The van der Waals surface area contributed by atoms with Crippen molar-refractivity contribution >= 4 is 25.6 Å². The summed E-state index contributed by atoms with van der Waals surface area (Å²) in [6.07, 6.45) is 1.96. The Balaban J connectivity index is 2.13. The van der Waals surface area contributed by atoms with Gasteiger partial charge >= 0.3 is 5.97 Å². The molecule has 4 heteroatoms. The molecular weight excluding hydrogens is 259 g/mol. The van der Waals surface area contributed by atoms with E-state index in [4.69, 9.17) is 4.74 Å². The van der Waals surface area contributed by atoms with Crippen molar-refractivity contribution in [1.29, 1.82) is 0 Å². The highest BCUT2D eigenvalue weighted by Crippen LogP contribution is 2.12. The van der Waals surface area contributed by atoms with Gasteiger partial charge in [0.25, 0.3) is 0 Å². The van der Waals surface area contributed by atoms with Crippen LogP contribution in [0.15, 0.2) is 30.3 Å². The van der Waals surface area contributed by atoms with Gasteiger partial charge in [0.15, 0.2) is 5.78 Å². The molecule has 0 N–H and O–H groups in total. The van der Waals surface area contributed by atoms with Crippen molar-refractivity contribution in [2.24, 2.45) is 0 Å². The van der Waals surface area contributed by atoms with Crippen LogP contribution in [0.5, 0.6) is 0 Å². The summed E-state index contributed by atoms with van der Waals surface area (Å²) in [6.45, 7) is 3.65. The number of Topliss-reactive ketones (excluding diaryl/α,β-unsaturated/α-hetero) is 1. The first-order chi connectivity index (χ1) is 9.08. The molecule has 1 rings (SSSR count). The molecule has 0 aliphatic carbocycles. The van der Waals surface area contributed by atoms with Gasteiger partial charge in [-0.2, -0.15) is 0 Å². The molecule has 1 aromatic rings. The maximum Gasteiger partial charge on any atom is 0.306 e. The van der Waals surface area contributed by atoms with Gasteiger partial charge in [-0.15, -0.1) is 0 Å². The van der Waals surface area contributed by atoms with Gasteiger partial charge < -0.3 is 4.74 Å². The molecule has 19 heavy (non-hydrogen) atoms. The number of carbonyl (C=O) groups excluding carboxylic acids is 2. The second kappa shape index (κ2) is 8.82. The standard InChI is InChI=1S/C15H21O3P/c1-12(2)18-15(17)10-6-7-13(16)11-19-14-8-4-3-5-9-14/h3-5,8-9,12,19H,6-7,10-11H2,1-2H3/p+1. The van der Waals surface area contributed by atoms with Crippen LogP contribution in [0.4, 0.5) is 0 Å². The first-order valence-electron chi connectivity index (χ1n) is 6.67. The molecule has 0 heterocycles. The van der Waals surface area contributed by atoms with Crippen LogP contribution < -0.4 is 5.30 Å². The van der Waals surface area contributed by atoms with Crippen LogP contribution in [-0.4, -0.2) is 24.0 Å². The molecule has 0 fully saturated rings. The zero-order valence-corrected chi connectivity index (χ0v) is 12.7. The number of esters is 1. The highest BCUT2D eigenvalue weighted by Gasteiger charge is 2.10. The van der Waals surface area contributed by atoms with Crippen molar-refractivity contribution in [1.82, 2.24) is 0 Å². The predicted molar refractivity (Wildman–Crippen MR) is 80.7 cm³/mol. The molecule has 0 aromatic heterocycles. The van der Waals surface area contributed by atoms with Gasteiger partial charge in [0.2, 0.25) is 0 Å². The van der Waals surface area contributed by atoms with Crippen molar-refractivity contribution in [2.75, 3.05) is 6.16 Å².